The van der Waals surface area contributed by atoms with Crippen LogP contribution < -0.4 is 0 Å². The Hall–Kier alpha value is -8.41. The van der Waals surface area contributed by atoms with E-state index < -0.39 is 0 Å². The fourth-order valence-corrected chi connectivity index (χ4v) is 9.23. The fraction of sp³-hybridized carbons (Fsp3) is 0. The molecule has 3 heterocycles. The van der Waals surface area contributed by atoms with Gasteiger partial charge >= 0.3 is 0 Å². The van der Waals surface area contributed by atoms with Gasteiger partial charge in [-0.2, -0.15) is 0 Å². The van der Waals surface area contributed by atoms with E-state index in [0.717, 1.165) is 61.4 Å². The van der Waals surface area contributed by atoms with Gasteiger partial charge in [0.05, 0.1) is 33.4 Å². The fourth-order valence-electron chi connectivity index (χ4n) is 9.23. The van der Waals surface area contributed by atoms with E-state index in [4.69, 9.17) is 15.0 Å². The predicted octanol–water partition coefficient (Wildman–Crippen LogP) is 14.4. The molecule has 0 N–H and O–H groups in total. The highest BCUT2D eigenvalue weighted by molar-refractivity contribution is 6.17. The zero-order valence-corrected chi connectivity index (χ0v) is 33.6. The zero-order chi connectivity index (χ0) is 41.0. The molecular formula is C57H37N5. The topological polar surface area (TPSA) is 48.5 Å². The van der Waals surface area contributed by atoms with Crippen LogP contribution in [0.25, 0.3) is 111 Å². The van der Waals surface area contributed by atoms with Gasteiger partial charge in [0.25, 0.3) is 0 Å². The lowest BCUT2D eigenvalue weighted by Crippen LogP contribution is -2.04. The van der Waals surface area contributed by atoms with Crippen molar-refractivity contribution in [2.24, 2.45) is 0 Å². The van der Waals surface area contributed by atoms with Crippen LogP contribution in [0.15, 0.2) is 224 Å². The van der Waals surface area contributed by atoms with Gasteiger partial charge in [-0.15, -0.1) is 0 Å². The van der Waals surface area contributed by atoms with Crippen LogP contribution >= 0.6 is 0 Å². The maximum absolute atomic E-state index is 5.22. The van der Waals surface area contributed by atoms with Gasteiger partial charge in [-0.05, 0) is 53.6 Å². The van der Waals surface area contributed by atoms with E-state index in [0.29, 0.717) is 17.5 Å². The first kappa shape index (κ1) is 35.5. The van der Waals surface area contributed by atoms with E-state index in [1.807, 2.05) is 36.4 Å². The van der Waals surface area contributed by atoms with E-state index in [9.17, 15) is 0 Å². The highest BCUT2D eigenvalue weighted by atomic mass is 15.0. The molecule has 12 aromatic rings. The molecular weight excluding hydrogens is 755 g/mol. The van der Waals surface area contributed by atoms with Crippen molar-refractivity contribution in [1.29, 1.82) is 0 Å². The summed E-state index contributed by atoms with van der Waals surface area (Å²) >= 11 is 0. The van der Waals surface area contributed by atoms with Crippen LogP contribution in [0.1, 0.15) is 0 Å². The highest BCUT2D eigenvalue weighted by Gasteiger charge is 2.25. The van der Waals surface area contributed by atoms with Gasteiger partial charge in [0.1, 0.15) is 0 Å². The van der Waals surface area contributed by atoms with Crippen molar-refractivity contribution in [1.82, 2.24) is 24.1 Å². The van der Waals surface area contributed by atoms with E-state index in [1.54, 1.807) is 0 Å². The molecule has 5 nitrogen and oxygen atoms in total. The molecule has 0 aliphatic heterocycles. The van der Waals surface area contributed by atoms with Gasteiger partial charge < -0.3 is 9.13 Å². The van der Waals surface area contributed by atoms with Crippen molar-refractivity contribution < 1.29 is 0 Å². The predicted molar refractivity (Wildman–Crippen MR) is 256 cm³/mol. The van der Waals surface area contributed by atoms with Crippen molar-refractivity contribution in [3.8, 4) is 67.8 Å². The normalized spacial score (nSPS) is 11.5. The maximum Gasteiger partial charge on any atom is 0.164 e. The second-order valence-electron chi connectivity index (χ2n) is 15.6. The van der Waals surface area contributed by atoms with E-state index in [1.165, 1.54) is 32.6 Å². The van der Waals surface area contributed by atoms with Crippen molar-refractivity contribution in [2.75, 3.05) is 0 Å². The second kappa shape index (κ2) is 14.7. The van der Waals surface area contributed by atoms with Gasteiger partial charge in [-0.1, -0.05) is 182 Å². The number of para-hydroxylation sites is 3. The van der Waals surface area contributed by atoms with Crippen LogP contribution in [0, 0.1) is 0 Å². The third-order valence-electron chi connectivity index (χ3n) is 12.0. The Kier molecular flexibility index (Phi) is 8.42. The van der Waals surface area contributed by atoms with Gasteiger partial charge in [-0.3, -0.25) is 0 Å². The Labute approximate surface area is 358 Å². The summed E-state index contributed by atoms with van der Waals surface area (Å²) in [5, 5.41) is 4.84. The second-order valence-corrected chi connectivity index (χ2v) is 15.6. The molecule has 0 atom stereocenters. The van der Waals surface area contributed by atoms with Crippen LogP contribution in [0.3, 0.4) is 0 Å². The molecule has 0 saturated heterocycles. The number of benzene rings is 9. The van der Waals surface area contributed by atoms with Gasteiger partial charge in [0, 0.05) is 49.4 Å². The lowest BCUT2D eigenvalue weighted by atomic mass is 9.92. The third-order valence-corrected chi connectivity index (χ3v) is 12.0. The van der Waals surface area contributed by atoms with Crippen molar-refractivity contribution in [2.45, 2.75) is 0 Å². The van der Waals surface area contributed by atoms with Crippen molar-refractivity contribution in [3.05, 3.63) is 224 Å². The molecule has 0 bridgehead atoms. The summed E-state index contributed by atoms with van der Waals surface area (Å²) in [4.78, 5) is 15.5. The average molecular weight is 792 g/mol. The monoisotopic (exact) mass is 791 g/mol. The van der Waals surface area contributed by atoms with Crippen LogP contribution in [-0.4, -0.2) is 24.1 Å². The summed E-state index contributed by atoms with van der Waals surface area (Å²) in [6.45, 7) is 0. The number of hydrogen-bond acceptors (Lipinski definition) is 3. The number of hydrogen-bond donors (Lipinski definition) is 0. The summed E-state index contributed by atoms with van der Waals surface area (Å²) < 4.78 is 4.92. The van der Waals surface area contributed by atoms with Gasteiger partial charge in [-0.25, -0.2) is 15.0 Å². The largest absolute Gasteiger partial charge is 0.309 e. The summed E-state index contributed by atoms with van der Waals surface area (Å²) in [5.41, 5.74) is 13.9. The van der Waals surface area contributed by atoms with Crippen LogP contribution in [0.5, 0.6) is 0 Å². The molecule has 0 radical (unpaired) electrons. The molecule has 0 fully saturated rings. The Balaban J connectivity index is 1.20. The van der Waals surface area contributed by atoms with Crippen LogP contribution in [0.4, 0.5) is 0 Å². The number of rotatable bonds is 7. The van der Waals surface area contributed by atoms with E-state index in [-0.39, 0.29) is 0 Å². The van der Waals surface area contributed by atoms with Gasteiger partial charge in [0.2, 0.25) is 0 Å². The zero-order valence-electron chi connectivity index (χ0n) is 33.6. The molecule has 5 heteroatoms. The SMILES string of the molecule is c1ccc(-c2nc(-c3ccccc3)nc(-c3cc(-c4ccccc4)c(-n4c5ccccc5c5c(-n6c7ccccc7c7ccccc76)cccc54)c(-c4ccccc4)c3)n2)cc1. The molecule has 290 valence electrons. The molecule has 0 aliphatic carbocycles. The maximum atomic E-state index is 5.22. The molecule has 62 heavy (non-hydrogen) atoms. The molecule has 12 rings (SSSR count). The lowest BCUT2D eigenvalue weighted by Gasteiger charge is -2.21. The number of aromatic nitrogens is 5. The number of fused-ring (bicyclic) bond motifs is 6. The van der Waals surface area contributed by atoms with E-state index in [2.05, 4.69) is 197 Å². The number of nitrogens with zero attached hydrogens (tertiary/aromatic N) is 5. The van der Waals surface area contributed by atoms with Crippen molar-refractivity contribution in [3.63, 3.8) is 0 Å². The first-order chi connectivity index (χ1) is 30.8. The van der Waals surface area contributed by atoms with Gasteiger partial charge in [0.15, 0.2) is 17.5 Å². The molecule has 3 aromatic heterocycles. The minimum atomic E-state index is 0.606. The summed E-state index contributed by atoms with van der Waals surface area (Å²) in [6.07, 6.45) is 0. The molecule has 0 amide bonds. The smallest absolute Gasteiger partial charge is 0.164 e. The molecule has 9 aromatic carbocycles. The minimum absolute atomic E-state index is 0.606. The Morgan fingerprint density at radius 1 is 0.274 bits per heavy atom. The minimum Gasteiger partial charge on any atom is -0.309 e. The Bertz CT molecular complexity index is 3440. The van der Waals surface area contributed by atoms with Crippen LogP contribution in [0.2, 0.25) is 0 Å². The third kappa shape index (κ3) is 5.82. The summed E-state index contributed by atoms with van der Waals surface area (Å²) in [7, 11) is 0. The molecule has 0 unspecified atom stereocenters. The molecule has 0 saturated carbocycles. The Morgan fingerprint density at radius 3 is 1.13 bits per heavy atom. The van der Waals surface area contributed by atoms with Crippen molar-refractivity contribution >= 4 is 43.6 Å². The summed E-state index contributed by atoms with van der Waals surface area (Å²) in [6, 6.07) is 79.4. The van der Waals surface area contributed by atoms with E-state index >= 15 is 0 Å². The quantitative estimate of drug-likeness (QED) is 0.162. The first-order valence-electron chi connectivity index (χ1n) is 21.0. The first-order valence-corrected chi connectivity index (χ1v) is 21.0. The standard InChI is InChI=1S/C57H37N5/c1-5-20-38(21-6-1)46-36-42(57-59-55(40-24-9-3-10-25-40)58-56(60-57)41-26-11-4-12-27-41)37-47(39-22-7-2-8-23-39)54(46)62-50-33-18-15-30-45(50)53-51(34-19-35-52(53)62)61-48-31-16-13-28-43(48)44-29-14-17-32-49(44)61/h1-37H. The van der Waals surface area contributed by atoms with Crippen LogP contribution in [-0.2, 0) is 0 Å². The molecule has 0 aliphatic rings. The lowest BCUT2D eigenvalue weighted by molar-refractivity contribution is 1.07. The highest BCUT2D eigenvalue weighted by Crippen LogP contribution is 2.45. The Morgan fingerprint density at radius 2 is 0.645 bits per heavy atom. The summed E-state index contributed by atoms with van der Waals surface area (Å²) in [5.74, 6) is 1.86. The molecule has 0 spiro atoms. The average Bonchev–Trinajstić information content (AvgIpc) is 3.87.